The highest BCUT2D eigenvalue weighted by Gasteiger charge is 2.48. The lowest BCUT2D eigenvalue weighted by atomic mass is 9.92. The van der Waals surface area contributed by atoms with Crippen LogP contribution >= 0.6 is 0 Å². The summed E-state index contributed by atoms with van der Waals surface area (Å²) in [6.45, 7) is 0. The van der Waals surface area contributed by atoms with E-state index < -0.39 is 20.2 Å². The summed E-state index contributed by atoms with van der Waals surface area (Å²) >= 11 is 0. The second-order valence-electron chi connectivity index (χ2n) is 3.87. The molecule has 0 atom stereocenters. The largest absolute Gasteiger partial charge is 0.501 e. The molecule has 6 heteroatoms. The van der Waals surface area contributed by atoms with Gasteiger partial charge in [0.2, 0.25) is 0 Å². The third-order valence-corrected chi connectivity index (χ3v) is 4.36. The predicted octanol–water partition coefficient (Wildman–Crippen LogP) is 2.67. The van der Waals surface area contributed by atoms with E-state index in [1.165, 1.54) is 6.07 Å². The Bertz CT molecular complexity index is 532. The van der Waals surface area contributed by atoms with Crippen LogP contribution in [0.1, 0.15) is 17.5 Å². The van der Waals surface area contributed by atoms with Gasteiger partial charge < -0.3 is 0 Å². The van der Waals surface area contributed by atoms with Gasteiger partial charge in [0, 0.05) is 0 Å². The number of benzene rings is 1. The van der Waals surface area contributed by atoms with Crippen molar-refractivity contribution < 1.29 is 21.6 Å². The molecule has 1 aliphatic carbocycles. The van der Waals surface area contributed by atoms with E-state index in [1.807, 2.05) is 0 Å². The van der Waals surface area contributed by atoms with Gasteiger partial charge in [-0.1, -0.05) is 12.1 Å². The first-order valence-corrected chi connectivity index (χ1v) is 6.56. The SMILES string of the molecule is O=S(=O)(c1cccc2c1C[CH]CC2)C(F)(F)F. The van der Waals surface area contributed by atoms with Crippen molar-refractivity contribution in [3.05, 3.63) is 35.7 Å². The minimum absolute atomic E-state index is 0.279. The molecule has 17 heavy (non-hydrogen) atoms. The van der Waals surface area contributed by atoms with Crippen LogP contribution in [0.15, 0.2) is 23.1 Å². The molecule has 1 aromatic rings. The number of rotatable bonds is 1. The van der Waals surface area contributed by atoms with Gasteiger partial charge in [0.15, 0.2) is 0 Å². The summed E-state index contributed by atoms with van der Waals surface area (Å²) in [5, 5.41) is 0. The Hall–Kier alpha value is -1.04. The summed E-state index contributed by atoms with van der Waals surface area (Å²) in [7, 11) is -5.24. The molecule has 0 N–H and O–H groups in total. The fourth-order valence-corrected chi connectivity index (χ4v) is 3.00. The zero-order valence-corrected chi connectivity index (χ0v) is 9.61. The number of hydrogen-bond donors (Lipinski definition) is 0. The number of alkyl halides is 3. The van der Waals surface area contributed by atoms with E-state index in [0.717, 1.165) is 12.5 Å². The fraction of sp³-hybridized carbons (Fsp3) is 0.364. The molecular weight excluding hydrogens is 253 g/mol. The summed E-state index contributed by atoms with van der Waals surface area (Å²) in [5.74, 6) is 0. The van der Waals surface area contributed by atoms with Crippen molar-refractivity contribution in [2.24, 2.45) is 0 Å². The maximum absolute atomic E-state index is 12.5. The highest BCUT2D eigenvalue weighted by molar-refractivity contribution is 7.92. The van der Waals surface area contributed by atoms with Crippen molar-refractivity contribution in [3.63, 3.8) is 0 Å². The summed E-state index contributed by atoms with van der Waals surface area (Å²) in [6.07, 6.45) is 3.44. The molecule has 0 saturated heterocycles. The molecule has 0 amide bonds. The Balaban J connectivity index is 2.61. The minimum atomic E-state index is -5.24. The number of aryl methyl sites for hydroxylation is 1. The van der Waals surface area contributed by atoms with E-state index in [-0.39, 0.29) is 12.0 Å². The van der Waals surface area contributed by atoms with Crippen molar-refractivity contribution in [1.82, 2.24) is 0 Å². The molecule has 0 fully saturated rings. The molecule has 2 rings (SSSR count). The van der Waals surface area contributed by atoms with Gasteiger partial charge in [-0.3, -0.25) is 0 Å². The normalized spacial score (nSPS) is 16.6. The summed E-state index contributed by atoms with van der Waals surface area (Å²) in [5.41, 5.74) is -4.26. The summed E-state index contributed by atoms with van der Waals surface area (Å²) < 4.78 is 60.2. The lowest BCUT2D eigenvalue weighted by Gasteiger charge is -2.19. The molecule has 1 radical (unpaired) electrons. The average molecular weight is 263 g/mol. The summed E-state index contributed by atoms with van der Waals surface area (Å²) in [4.78, 5) is -0.599. The first-order valence-electron chi connectivity index (χ1n) is 5.08. The Kier molecular flexibility index (Phi) is 2.93. The molecule has 0 aromatic heterocycles. The van der Waals surface area contributed by atoms with Crippen LogP contribution in [0, 0.1) is 6.42 Å². The molecular formula is C11H10F3O2S. The van der Waals surface area contributed by atoms with Crippen molar-refractivity contribution in [2.45, 2.75) is 29.7 Å². The molecule has 2 nitrogen and oxygen atoms in total. The highest BCUT2D eigenvalue weighted by atomic mass is 32.2. The predicted molar refractivity (Wildman–Crippen MR) is 56.0 cm³/mol. The van der Waals surface area contributed by atoms with Gasteiger partial charge in [0.25, 0.3) is 9.84 Å². The van der Waals surface area contributed by atoms with E-state index in [0.29, 0.717) is 12.0 Å². The van der Waals surface area contributed by atoms with Crippen LogP contribution in [-0.4, -0.2) is 13.9 Å². The van der Waals surface area contributed by atoms with Crippen LogP contribution in [0.4, 0.5) is 13.2 Å². The lowest BCUT2D eigenvalue weighted by molar-refractivity contribution is -0.0436. The van der Waals surface area contributed by atoms with E-state index in [4.69, 9.17) is 0 Å². The quantitative estimate of drug-likeness (QED) is 0.780. The van der Waals surface area contributed by atoms with Gasteiger partial charge in [-0.25, -0.2) is 8.42 Å². The number of sulfone groups is 1. The highest BCUT2D eigenvalue weighted by Crippen LogP contribution is 2.35. The zero-order valence-electron chi connectivity index (χ0n) is 8.79. The first kappa shape index (κ1) is 12.4. The van der Waals surface area contributed by atoms with E-state index in [9.17, 15) is 21.6 Å². The van der Waals surface area contributed by atoms with Gasteiger partial charge in [-0.15, -0.1) is 0 Å². The molecule has 93 valence electrons. The van der Waals surface area contributed by atoms with Crippen LogP contribution in [0.3, 0.4) is 0 Å². The third-order valence-electron chi connectivity index (χ3n) is 2.79. The second-order valence-corrected chi connectivity index (χ2v) is 5.78. The Labute approximate surface area is 97.4 Å². The van der Waals surface area contributed by atoms with Crippen LogP contribution in [-0.2, 0) is 22.7 Å². The van der Waals surface area contributed by atoms with Crippen molar-refractivity contribution in [1.29, 1.82) is 0 Å². The minimum Gasteiger partial charge on any atom is -0.214 e. The molecule has 1 aliphatic rings. The van der Waals surface area contributed by atoms with Crippen molar-refractivity contribution >= 4 is 9.84 Å². The number of hydrogen-bond acceptors (Lipinski definition) is 2. The monoisotopic (exact) mass is 263 g/mol. The topological polar surface area (TPSA) is 34.1 Å². The molecule has 0 bridgehead atoms. The lowest BCUT2D eigenvalue weighted by Crippen LogP contribution is -2.25. The smallest absolute Gasteiger partial charge is 0.214 e. The molecule has 0 unspecified atom stereocenters. The van der Waals surface area contributed by atoms with E-state index >= 15 is 0 Å². The van der Waals surface area contributed by atoms with E-state index in [1.54, 1.807) is 12.5 Å². The Morgan fingerprint density at radius 2 is 1.88 bits per heavy atom. The van der Waals surface area contributed by atoms with Crippen LogP contribution < -0.4 is 0 Å². The van der Waals surface area contributed by atoms with Gasteiger partial charge in [-0.05, 0) is 42.9 Å². The maximum Gasteiger partial charge on any atom is 0.501 e. The maximum atomic E-state index is 12.5. The molecule has 0 heterocycles. The molecule has 0 spiro atoms. The van der Waals surface area contributed by atoms with Gasteiger partial charge in [-0.2, -0.15) is 13.2 Å². The third kappa shape index (κ3) is 2.06. The Morgan fingerprint density at radius 3 is 2.53 bits per heavy atom. The number of halogens is 3. The Morgan fingerprint density at radius 1 is 1.18 bits per heavy atom. The molecule has 1 aromatic carbocycles. The average Bonchev–Trinajstić information content (AvgIpc) is 2.26. The summed E-state index contributed by atoms with van der Waals surface area (Å²) in [6, 6.07) is 4.07. The number of fused-ring (bicyclic) bond motifs is 1. The fourth-order valence-electron chi connectivity index (χ4n) is 1.96. The van der Waals surface area contributed by atoms with Crippen molar-refractivity contribution in [3.8, 4) is 0 Å². The van der Waals surface area contributed by atoms with Crippen LogP contribution in [0.5, 0.6) is 0 Å². The standard InChI is InChI=1S/C11H10F3O2S/c12-11(13,14)17(15,16)10-7-3-5-8-4-1-2-6-9(8)10/h2-3,5,7H,1,4,6H2. The zero-order chi connectivity index (χ0) is 12.7. The molecule has 0 aliphatic heterocycles. The van der Waals surface area contributed by atoms with Gasteiger partial charge in [0.1, 0.15) is 0 Å². The van der Waals surface area contributed by atoms with E-state index in [2.05, 4.69) is 0 Å². The van der Waals surface area contributed by atoms with Gasteiger partial charge >= 0.3 is 5.51 Å². The first-order chi connectivity index (χ1) is 7.84. The van der Waals surface area contributed by atoms with Crippen LogP contribution in [0.2, 0.25) is 0 Å². The van der Waals surface area contributed by atoms with Crippen LogP contribution in [0.25, 0.3) is 0 Å². The second kappa shape index (κ2) is 4.01. The van der Waals surface area contributed by atoms with Crippen molar-refractivity contribution in [2.75, 3.05) is 0 Å². The van der Waals surface area contributed by atoms with Gasteiger partial charge in [0.05, 0.1) is 4.90 Å². The molecule has 0 saturated carbocycles.